The first-order chi connectivity index (χ1) is 22.0. The highest BCUT2D eigenvalue weighted by Crippen LogP contribution is 2.43. The van der Waals surface area contributed by atoms with E-state index in [1.807, 2.05) is 24.3 Å². The van der Waals surface area contributed by atoms with Gasteiger partial charge in [0, 0.05) is 49.2 Å². The molecule has 5 aromatic rings. The summed E-state index contributed by atoms with van der Waals surface area (Å²) in [5.41, 5.74) is 13.1. The average molecular weight is 602 g/mol. The summed E-state index contributed by atoms with van der Waals surface area (Å²) < 4.78 is 16.1. The molecular formula is C38H40FN5O. The number of amides is 1. The number of hydrogen-bond donors (Lipinski definition) is 1. The lowest BCUT2D eigenvalue weighted by Crippen LogP contribution is -2.45. The molecule has 7 rings (SSSR count). The average Bonchev–Trinajstić information content (AvgIpc) is 3.40. The molecule has 45 heavy (non-hydrogen) atoms. The quantitative estimate of drug-likeness (QED) is 0.216. The molecule has 230 valence electrons. The van der Waals surface area contributed by atoms with E-state index in [4.69, 9.17) is 5.73 Å². The molecule has 2 aliphatic heterocycles. The fraction of sp³-hybridized carbons (Fsp3) is 0.316. The molecule has 2 fully saturated rings. The predicted molar refractivity (Wildman–Crippen MR) is 178 cm³/mol. The van der Waals surface area contributed by atoms with Crippen molar-refractivity contribution < 1.29 is 9.18 Å². The number of para-hydroxylation sites is 1. The van der Waals surface area contributed by atoms with E-state index in [1.165, 1.54) is 45.4 Å². The third-order valence-electron chi connectivity index (χ3n) is 9.71. The molecule has 3 aromatic carbocycles. The Morgan fingerprint density at radius 1 is 0.800 bits per heavy atom. The van der Waals surface area contributed by atoms with Gasteiger partial charge in [-0.05, 0) is 97.3 Å². The number of nitrogens with zero attached hydrogens (tertiary/aromatic N) is 4. The van der Waals surface area contributed by atoms with Crippen molar-refractivity contribution in [2.75, 3.05) is 31.9 Å². The molecular weight excluding hydrogens is 561 g/mol. The summed E-state index contributed by atoms with van der Waals surface area (Å²) in [5.74, 6) is 1.09. The second-order valence-electron chi connectivity index (χ2n) is 12.6. The van der Waals surface area contributed by atoms with Gasteiger partial charge in [0.2, 0.25) is 5.91 Å². The van der Waals surface area contributed by atoms with Crippen molar-refractivity contribution in [2.24, 2.45) is 5.92 Å². The Labute approximate surface area is 264 Å². The Morgan fingerprint density at radius 2 is 1.51 bits per heavy atom. The van der Waals surface area contributed by atoms with Gasteiger partial charge in [-0.1, -0.05) is 60.7 Å². The van der Waals surface area contributed by atoms with E-state index in [-0.39, 0.29) is 11.7 Å². The van der Waals surface area contributed by atoms with Crippen LogP contribution in [0.5, 0.6) is 0 Å². The number of carbonyl (C=O) groups excluding carboxylic acids is 1. The van der Waals surface area contributed by atoms with Crippen molar-refractivity contribution in [3.8, 4) is 11.3 Å². The number of nitrogen functional groups attached to an aromatic ring is 1. The molecule has 0 spiro atoms. The summed E-state index contributed by atoms with van der Waals surface area (Å²) in [4.78, 5) is 22.3. The minimum atomic E-state index is -0.220. The molecule has 2 N–H and O–H groups in total. The van der Waals surface area contributed by atoms with Crippen molar-refractivity contribution in [1.29, 1.82) is 0 Å². The summed E-state index contributed by atoms with van der Waals surface area (Å²) in [6.07, 6.45) is 5.44. The second kappa shape index (κ2) is 12.9. The molecule has 2 aliphatic rings. The maximum Gasteiger partial charge on any atom is 0.225 e. The van der Waals surface area contributed by atoms with Gasteiger partial charge in [-0.2, -0.15) is 0 Å². The van der Waals surface area contributed by atoms with E-state index in [2.05, 4.69) is 73.9 Å². The van der Waals surface area contributed by atoms with Gasteiger partial charge in [0.05, 0.1) is 5.69 Å². The Balaban J connectivity index is 1.08. The number of carbonyl (C=O) groups is 1. The largest absolute Gasteiger partial charge is 0.384 e. The van der Waals surface area contributed by atoms with Gasteiger partial charge in [0.15, 0.2) is 0 Å². The van der Waals surface area contributed by atoms with Crippen molar-refractivity contribution in [3.05, 3.63) is 120 Å². The number of fused-ring (bicyclic) bond motifs is 1. The molecule has 0 unspecified atom stereocenters. The first kappa shape index (κ1) is 29.2. The molecule has 1 amide bonds. The van der Waals surface area contributed by atoms with Gasteiger partial charge in [0.1, 0.15) is 11.6 Å². The van der Waals surface area contributed by atoms with Crippen molar-refractivity contribution in [2.45, 2.75) is 44.7 Å². The summed E-state index contributed by atoms with van der Waals surface area (Å²) in [6.45, 7) is 4.91. The van der Waals surface area contributed by atoms with Crippen LogP contribution in [0.25, 0.3) is 22.2 Å². The number of likely N-dealkylation sites (tertiary alicyclic amines) is 2. The SMILES string of the molecule is Nc1cc(CN2CCC(C(=O)N3CCC(c4c(-c5ccccc5)n(Cc5ccc(F)cc5)c5ccccc45)CC3)CC2)ccn1. The number of aromatic nitrogens is 2. The van der Waals surface area contributed by atoms with E-state index in [0.717, 1.165) is 64.0 Å². The number of hydrogen-bond acceptors (Lipinski definition) is 4. The highest BCUT2D eigenvalue weighted by molar-refractivity contribution is 5.93. The normalized spacial score (nSPS) is 16.8. The van der Waals surface area contributed by atoms with Crippen LogP contribution in [0, 0.1) is 11.7 Å². The number of halogens is 1. The first-order valence-corrected chi connectivity index (χ1v) is 16.2. The minimum absolute atomic E-state index is 0.0952. The van der Waals surface area contributed by atoms with Crippen LogP contribution < -0.4 is 5.73 Å². The number of piperidine rings is 2. The molecule has 2 aromatic heterocycles. The highest BCUT2D eigenvalue weighted by atomic mass is 19.1. The van der Waals surface area contributed by atoms with E-state index in [1.54, 1.807) is 6.20 Å². The van der Waals surface area contributed by atoms with Gasteiger partial charge in [-0.15, -0.1) is 0 Å². The van der Waals surface area contributed by atoms with Crippen molar-refractivity contribution in [1.82, 2.24) is 19.4 Å². The van der Waals surface area contributed by atoms with Gasteiger partial charge in [-0.25, -0.2) is 9.37 Å². The smallest absolute Gasteiger partial charge is 0.225 e. The van der Waals surface area contributed by atoms with E-state index >= 15 is 0 Å². The lowest BCUT2D eigenvalue weighted by Gasteiger charge is -2.37. The zero-order valence-corrected chi connectivity index (χ0v) is 25.6. The maximum atomic E-state index is 13.7. The zero-order chi connectivity index (χ0) is 30.8. The Hall–Kier alpha value is -4.49. The maximum absolute atomic E-state index is 13.7. The fourth-order valence-corrected chi connectivity index (χ4v) is 7.42. The molecule has 0 saturated carbocycles. The highest BCUT2D eigenvalue weighted by Gasteiger charge is 2.33. The summed E-state index contributed by atoms with van der Waals surface area (Å²) in [7, 11) is 0. The van der Waals surface area contributed by atoms with Gasteiger partial charge in [0.25, 0.3) is 0 Å². The molecule has 0 atom stereocenters. The van der Waals surface area contributed by atoms with Crippen LogP contribution in [0.4, 0.5) is 10.2 Å². The van der Waals surface area contributed by atoms with Crippen molar-refractivity contribution in [3.63, 3.8) is 0 Å². The molecule has 7 heteroatoms. The lowest BCUT2D eigenvalue weighted by atomic mass is 9.85. The van der Waals surface area contributed by atoms with Gasteiger partial charge < -0.3 is 15.2 Å². The van der Waals surface area contributed by atoms with Crippen LogP contribution in [0.2, 0.25) is 0 Å². The molecule has 0 bridgehead atoms. The number of nitrogens with two attached hydrogens (primary N) is 1. The van der Waals surface area contributed by atoms with E-state index in [9.17, 15) is 9.18 Å². The summed E-state index contributed by atoms with van der Waals surface area (Å²) in [5, 5.41) is 1.27. The molecule has 4 heterocycles. The molecule has 6 nitrogen and oxygen atoms in total. The Kier molecular flexibility index (Phi) is 8.35. The molecule has 0 aliphatic carbocycles. The second-order valence-corrected chi connectivity index (χ2v) is 12.6. The number of pyridine rings is 1. The zero-order valence-electron chi connectivity index (χ0n) is 25.6. The third-order valence-corrected chi connectivity index (χ3v) is 9.71. The monoisotopic (exact) mass is 601 g/mol. The van der Waals surface area contributed by atoms with Crippen LogP contribution in [-0.2, 0) is 17.9 Å². The van der Waals surface area contributed by atoms with Crippen LogP contribution in [0.3, 0.4) is 0 Å². The third kappa shape index (κ3) is 6.22. The standard InChI is InChI=1S/C38H40FN5O/c39-32-12-10-27(11-13-32)26-44-34-9-5-4-8-33(34)36(37(44)30-6-2-1-3-7-30)29-17-22-43(23-18-29)38(45)31-15-20-42(21-16-31)25-28-14-19-41-35(40)24-28/h1-14,19,24,29,31H,15-18,20-23,25-26H2,(H2,40,41). The Morgan fingerprint density at radius 3 is 2.24 bits per heavy atom. The summed E-state index contributed by atoms with van der Waals surface area (Å²) in [6, 6.07) is 30.1. The molecule has 0 radical (unpaired) electrons. The number of anilines is 1. The van der Waals surface area contributed by atoms with Crippen LogP contribution in [0.15, 0.2) is 97.2 Å². The van der Waals surface area contributed by atoms with Crippen LogP contribution in [0.1, 0.15) is 48.3 Å². The van der Waals surface area contributed by atoms with E-state index < -0.39 is 0 Å². The fourth-order valence-electron chi connectivity index (χ4n) is 7.42. The van der Waals surface area contributed by atoms with Gasteiger partial charge in [-0.3, -0.25) is 9.69 Å². The first-order valence-electron chi connectivity index (χ1n) is 16.2. The predicted octanol–water partition coefficient (Wildman–Crippen LogP) is 7.09. The molecule has 2 saturated heterocycles. The Bertz CT molecular complexity index is 1770. The van der Waals surface area contributed by atoms with Crippen LogP contribution >= 0.6 is 0 Å². The number of benzene rings is 3. The summed E-state index contributed by atoms with van der Waals surface area (Å²) >= 11 is 0. The van der Waals surface area contributed by atoms with Gasteiger partial charge >= 0.3 is 0 Å². The topological polar surface area (TPSA) is 67.4 Å². The van der Waals surface area contributed by atoms with Crippen LogP contribution in [-0.4, -0.2) is 51.4 Å². The number of rotatable bonds is 7. The lowest BCUT2D eigenvalue weighted by molar-refractivity contribution is -0.138. The van der Waals surface area contributed by atoms with E-state index in [0.29, 0.717) is 24.2 Å². The minimum Gasteiger partial charge on any atom is -0.384 e. The van der Waals surface area contributed by atoms with Crippen molar-refractivity contribution >= 4 is 22.6 Å².